The van der Waals surface area contributed by atoms with Gasteiger partial charge in [-0.1, -0.05) is 37.1 Å². The quantitative estimate of drug-likeness (QED) is 0.412. The molecule has 0 bridgehead atoms. The van der Waals surface area contributed by atoms with E-state index in [0.717, 1.165) is 6.42 Å². The van der Waals surface area contributed by atoms with Crippen LogP contribution in [-0.4, -0.2) is 34.1 Å². The molecule has 176 valence electrons. The number of hydrogen-bond donors (Lipinski definition) is 2. The molecule has 0 saturated carbocycles. The first-order valence-electron chi connectivity index (χ1n) is 10.6. The van der Waals surface area contributed by atoms with Crippen molar-refractivity contribution in [2.45, 2.75) is 39.2 Å². The number of fused-ring (bicyclic) bond motifs is 1. The molecule has 33 heavy (non-hydrogen) atoms. The Hall–Kier alpha value is -3.10. The maximum atomic E-state index is 14.5. The lowest BCUT2D eigenvalue weighted by Crippen LogP contribution is -2.21. The van der Waals surface area contributed by atoms with Crippen LogP contribution in [0, 0.1) is 5.82 Å². The van der Waals surface area contributed by atoms with Crippen LogP contribution in [0.1, 0.15) is 43.9 Å². The Balaban J connectivity index is 2.31. The number of carbonyl (C=O) groups is 1. The van der Waals surface area contributed by atoms with Gasteiger partial charge in [-0.05, 0) is 42.7 Å². The molecule has 0 fully saturated rings. The van der Waals surface area contributed by atoms with Crippen LogP contribution in [0.4, 0.5) is 9.18 Å². The summed E-state index contributed by atoms with van der Waals surface area (Å²) in [6, 6.07) is 7.50. The highest BCUT2D eigenvalue weighted by molar-refractivity contribution is 6.30. The summed E-state index contributed by atoms with van der Waals surface area (Å²) in [7, 11) is 0. The maximum Gasteiger partial charge on any atom is 0.511 e. The van der Waals surface area contributed by atoms with E-state index in [1.54, 1.807) is 35.8 Å². The van der Waals surface area contributed by atoms with Gasteiger partial charge in [0.15, 0.2) is 5.75 Å². The number of aromatic nitrogens is 1. The van der Waals surface area contributed by atoms with Gasteiger partial charge in [-0.3, -0.25) is 4.79 Å². The number of nitrogens with zero attached hydrogens (tertiary/aromatic N) is 1. The second kappa shape index (κ2) is 10.7. The minimum Gasteiger partial charge on any atom is -0.492 e. The summed E-state index contributed by atoms with van der Waals surface area (Å²) in [5.74, 6) is -0.583. The van der Waals surface area contributed by atoms with Gasteiger partial charge >= 0.3 is 6.16 Å². The highest BCUT2D eigenvalue weighted by Gasteiger charge is 2.22. The summed E-state index contributed by atoms with van der Waals surface area (Å²) in [6.07, 6.45) is 1.10. The van der Waals surface area contributed by atoms with Crippen LogP contribution in [0.2, 0.25) is 5.02 Å². The fourth-order valence-electron chi connectivity index (χ4n) is 3.87. The zero-order valence-electron chi connectivity index (χ0n) is 18.3. The van der Waals surface area contributed by atoms with Crippen LogP contribution in [0.25, 0.3) is 10.9 Å². The molecule has 2 aromatic carbocycles. The number of hydrogen-bond acceptors (Lipinski definition) is 5. The molecule has 3 rings (SSSR count). The van der Waals surface area contributed by atoms with Crippen molar-refractivity contribution >= 4 is 28.7 Å². The van der Waals surface area contributed by atoms with Gasteiger partial charge in [0.1, 0.15) is 11.6 Å². The van der Waals surface area contributed by atoms with E-state index in [9.17, 15) is 19.1 Å². The molecular formula is C24H25ClFNO6. The van der Waals surface area contributed by atoms with Gasteiger partial charge in [-0.25, -0.2) is 9.18 Å². The zero-order chi connectivity index (χ0) is 24.1. The molecule has 0 saturated heterocycles. The predicted octanol–water partition coefficient (Wildman–Crippen LogP) is 5.17. The van der Waals surface area contributed by atoms with E-state index in [2.05, 4.69) is 0 Å². The second-order valence-corrected chi connectivity index (χ2v) is 7.94. The Kier molecular flexibility index (Phi) is 7.94. The lowest BCUT2D eigenvalue weighted by molar-refractivity contribution is 0.143. The third-order valence-corrected chi connectivity index (χ3v) is 5.56. The van der Waals surface area contributed by atoms with Crippen molar-refractivity contribution < 1.29 is 28.9 Å². The van der Waals surface area contributed by atoms with Gasteiger partial charge in [0.05, 0.1) is 41.4 Å². The van der Waals surface area contributed by atoms with Gasteiger partial charge in [0, 0.05) is 6.42 Å². The summed E-state index contributed by atoms with van der Waals surface area (Å²) < 4.78 is 26.7. The fourth-order valence-corrected chi connectivity index (χ4v) is 4.06. The van der Waals surface area contributed by atoms with Crippen molar-refractivity contribution in [3.05, 3.63) is 68.7 Å². The van der Waals surface area contributed by atoms with Crippen LogP contribution in [0.5, 0.6) is 11.5 Å². The Labute approximate surface area is 194 Å². The summed E-state index contributed by atoms with van der Waals surface area (Å²) in [5.41, 5.74) is 0.662. The Morgan fingerprint density at radius 3 is 2.64 bits per heavy atom. The third kappa shape index (κ3) is 5.29. The number of halogens is 2. The van der Waals surface area contributed by atoms with Gasteiger partial charge in [0.2, 0.25) is 5.43 Å². The van der Waals surface area contributed by atoms with Gasteiger partial charge in [-0.2, -0.15) is 0 Å². The molecule has 0 amide bonds. The summed E-state index contributed by atoms with van der Waals surface area (Å²) in [4.78, 5) is 24.3. The van der Waals surface area contributed by atoms with Gasteiger partial charge in [-0.15, -0.1) is 0 Å². The molecule has 1 atom stereocenters. The van der Waals surface area contributed by atoms with Crippen molar-refractivity contribution in [2.24, 2.45) is 0 Å². The zero-order valence-corrected chi connectivity index (χ0v) is 19.1. The van der Waals surface area contributed by atoms with E-state index < -0.39 is 29.2 Å². The second-order valence-electron chi connectivity index (χ2n) is 7.54. The summed E-state index contributed by atoms with van der Waals surface area (Å²) >= 11 is 5.90. The lowest BCUT2D eigenvalue weighted by Gasteiger charge is -2.23. The first kappa shape index (κ1) is 24.5. The number of ether oxygens (including phenoxy) is 2. The van der Waals surface area contributed by atoms with E-state index in [-0.39, 0.29) is 23.4 Å². The fraction of sp³-hybridized carbons (Fsp3) is 0.333. The molecule has 0 unspecified atom stereocenters. The first-order chi connectivity index (χ1) is 15.8. The minimum absolute atomic E-state index is 0.0109. The monoisotopic (exact) mass is 477 g/mol. The van der Waals surface area contributed by atoms with Crippen molar-refractivity contribution in [3.8, 4) is 11.5 Å². The highest BCUT2D eigenvalue weighted by atomic mass is 35.5. The van der Waals surface area contributed by atoms with Crippen molar-refractivity contribution in [1.29, 1.82) is 0 Å². The van der Waals surface area contributed by atoms with Crippen molar-refractivity contribution in [1.82, 2.24) is 4.57 Å². The van der Waals surface area contributed by atoms with Crippen LogP contribution in [0.15, 0.2) is 41.3 Å². The van der Waals surface area contributed by atoms with E-state index in [1.165, 1.54) is 12.3 Å². The molecular weight excluding hydrogens is 453 g/mol. The largest absolute Gasteiger partial charge is 0.511 e. The van der Waals surface area contributed by atoms with Gasteiger partial charge < -0.3 is 24.3 Å². The molecule has 7 nitrogen and oxygen atoms in total. The average Bonchev–Trinajstić information content (AvgIpc) is 2.77. The van der Waals surface area contributed by atoms with E-state index in [0.29, 0.717) is 35.4 Å². The smallest absolute Gasteiger partial charge is 0.492 e. The molecule has 3 aromatic rings. The van der Waals surface area contributed by atoms with E-state index >= 15 is 0 Å². The Morgan fingerprint density at radius 1 is 1.24 bits per heavy atom. The molecule has 0 spiro atoms. The number of pyridine rings is 1. The summed E-state index contributed by atoms with van der Waals surface area (Å²) in [6.45, 7) is 3.79. The van der Waals surface area contributed by atoms with Crippen molar-refractivity contribution in [3.63, 3.8) is 0 Å². The standard InChI is InChI=1S/C24H25ClFNO6/c1-3-6-16(13-28)27-12-20(33-24(30)31)23(29)17-10-14(11-19(22(17)27)32-4-2)9-15-7-5-8-18(25)21(15)26/h5,7-8,10-12,16,28H,3-4,6,9,13H2,1-2H3,(H,30,31)/t16-/m0/s1. The Bertz CT molecular complexity index is 1230. The van der Waals surface area contributed by atoms with Crippen LogP contribution in [0.3, 0.4) is 0 Å². The van der Waals surface area contributed by atoms with Crippen LogP contribution in [-0.2, 0) is 6.42 Å². The maximum absolute atomic E-state index is 14.5. The molecule has 0 aliphatic heterocycles. The van der Waals surface area contributed by atoms with E-state index in [1.807, 2.05) is 6.92 Å². The molecule has 0 aliphatic rings. The predicted molar refractivity (Wildman–Crippen MR) is 123 cm³/mol. The topological polar surface area (TPSA) is 98.0 Å². The number of aliphatic hydroxyl groups excluding tert-OH is 1. The van der Waals surface area contributed by atoms with Gasteiger partial charge in [0.25, 0.3) is 0 Å². The molecule has 9 heteroatoms. The molecule has 1 heterocycles. The number of aliphatic hydroxyl groups is 1. The lowest BCUT2D eigenvalue weighted by atomic mass is 10.0. The summed E-state index contributed by atoms with van der Waals surface area (Å²) in [5, 5.41) is 19.2. The molecule has 0 aliphatic carbocycles. The van der Waals surface area contributed by atoms with Crippen LogP contribution >= 0.6 is 11.6 Å². The van der Waals surface area contributed by atoms with Crippen molar-refractivity contribution in [2.75, 3.05) is 13.2 Å². The molecule has 1 aromatic heterocycles. The number of carboxylic acid groups (broad SMARTS) is 1. The average molecular weight is 478 g/mol. The normalized spacial score (nSPS) is 12.0. The number of rotatable bonds is 9. The third-order valence-electron chi connectivity index (χ3n) is 5.27. The molecule has 2 N–H and O–H groups in total. The van der Waals surface area contributed by atoms with E-state index in [4.69, 9.17) is 26.2 Å². The Morgan fingerprint density at radius 2 is 2.00 bits per heavy atom. The van der Waals surface area contributed by atoms with Crippen LogP contribution < -0.4 is 14.9 Å². The minimum atomic E-state index is -1.63. The first-order valence-corrected chi connectivity index (χ1v) is 11.0. The SMILES string of the molecule is CCC[C@@H](CO)n1cc(OC(=O)O)c(=O)c2cc(Cc3cccc(Cl)c3F)cc(OCC)c21. The molecule has 0 radical (unpaired) electrons. The number of benzene rings is 2. The highest BCUT2D eigenvalue weighted by Crippen LogP contribution is 2.33.